The van der Waals surface area contributed by atoms with Gasteiger partial charge in [-0.2, -0.15) is 0 Å². The highest BCUT2D eigenvalue weighted by molar-refractivity contribution is 7.13. The van der Waals surface area contributed by atoms with E-state index in [9.17, 15) is 18.0 Å². The molecule has 0 radical (unpaired) electrons. The Kier molecular flexibility index (Phi) is 5.63. The second-order valence-electron chi connectivity index (χ2n) is 6.51. The molecule has 0 atom stereocenters. The summed E-state index contributed by atoms with van der Waals surface area (Å²) >= 11 is 1.53. The van der Waals surface area contributed by atoms with Crippen LogP contribution in [-0.2, 0) is 6.54 Å². The first kappa shape index (κ1) is 19.8. The third kappa shape index (κ3) is 4.11. The number of hydrogen-bond acceptors (Lipinski definition) is 3. The SMILES string of the molecule is O=C(NCc1ccc(-c2nc(-c3ccccc3)cs2)cc1)c1ccc(F)c(F)c1F. The fraction of sp³-hybridized carbons (Fsp3) is 0.0435. The lowest BCUT2D eigenvalue weighted by atomic mass is 10.1. The Morgan fingerprint density at radius 1 is 0.867 bits per heavy atom. The van der Waals surface area contributed by atoms with E-state index >= 15 is 0 Å². The largest absolute Gasteiger partial charge is 0.348 e. The van der Waals surface area contributed by atoms with Crippen LogP contribution in [0.5, 0.6) is 0 Å². The van der Waals surface area contributed by atoms with E-state index in [1.807, 2.05) is 60.0 Å². The highest BCUT2D eigenvalue weighted by atomic mass is 32.1. The van der Waals surface area contributed by atoms with Gasteiger partial charge in [-0.3, -0.25) is 4.79 Å². The Balaban J connectivity index is 1.43. The molecule has 4 aromatic rings. The van der Waals surface area contributed by atoms with Crippen LogP contribution in [0.4, 0.5) is 13.2 Å². The Morgan fingerprint density at radius 2 is 1.60 bits per heavy atom. The zero-order chi connectivity index (χ0) is 21.1. The highest BCUT2D eigenvalue weighted by Gasteiger charge is 2.18. The minimum absolute atomic E-state index is 0.116. The minimum atomic E-state index is -1.66. The van der Waals surface area contributed by atoms with Gasteiger partial charge in [0.2, 0.25) is 0 Å². The zero-order valence-corrected chi connectivity index (χ0v) is 16.3. The maximum Gasteiger partial charge on any atom is 0.254 e. The molecule has 0 aliphatic heterocycles. The van der Waals surface area contributed by atoms with E-state index in [-0.39, 0.29) is 6.54 Å². The normalized spacial score (nSPS) is 10.8. The third-order valence-electron chi connectivity index (χ3n) is 4.51. The molecule has 0 spiro atoms. The van der Waals surface area contributed by atoms with Crippen molar-refractivity contribution in [3.63, 3.8) is 0 Å². The number of aromatic nitrogens is 1. The highest BCUT2D eigenvalue weighted by Crippen LogP contribution is 2.29. The Labute approximate surface area is 174 Å². The van der Waals surface area contributed by atoms with Crippen molar-refractivity contribution in [1.82, 2.24) is 10.3 Å². The van der Waals surface area contributed by atoms with Crippen molar-refractivity contribution in [1.29, 1.82) is 0 Å². The molecule has 0 saturated heterocycles. The number of rotatable bonds is 5. The number of thiazole rings is 1. The van der Waals surface area contributed by atoms with E-state index in [0.29, 0.717) is 0 Å². The topological polar surface area (TPSA) is 42.0 Å². The molecule has 0 bridgehead atoms. The molecule has 30 heavy (non-hydrogen) atoms. The van der Waals surface area contributed by atoms with Gasteiger partial charge in [0.05, 0.1) is 11.3 Å². The van der Waals surface area contributed by atoms with E-state index in [1.165, 1.54) is 11.3 Å². The average Bonchev–Trinajstić information content (AvgIpc) is 3.27. The summed E-state index contributed by atoms with van der Waals surface area (Å²) in [5.74, 6) is -5.31. The number of nitrogens with zero attached hydrogens (tertiary/aromatic N) is 1. The average molecular weight is 424 g/mol. The lowest BCUT2D eigenvalue weighted by Gasteiger charge is -2.07. The molecule has 4 rings (SSSR count). The molecule has 1 heterocycles. The third-order valence-corrected chi connectivity index (χ3v) is 5.40. The summed E-state index contributed by atoms with van der Waals surface area (Å²) in [6.45, 7) is 0.116. The van der Waals surface area contributed by atoms with Crippen LogP contribution in [-0.4, -0.2) is 10.9 Å². The second kappa shape index (κ2) is 8.51. The molecule has 0 unspecified atom stereocenters. The molecule has 0 aliphatic rings. The Bertz CT molecular complexity index is 1190. The van der Waals surface area contributed by atoms with Gasteiger partial charge < -0.3 is 5.32 Å². The Morgan fingerprint density at radius 3 is 2.33 bits per heavy atom. The molecule has 7 heteroatoms. The molecule has 1 N–H and O–H groups in total. The Hall–Kier alpha value is -3.45. The number of benzene rings is 3. The summed E-state index contributed by atoms with van der Waals surface area (Å²) in [6.07, 6.45) is 0. The van der Waals surface area contributed by atoms with Crippen LogP contribution >= 0.6 is 11.3 Å². The van der Waals surface area contributed by atoms with Gasteiger partial charge in [0.1, 0.15) is 5.01 Å². The molecule has 1 amide bonds. The summed E-state index contributed by atoms with van der Waals surface area (Å²) in [5, 5.41) is 5.37. The number of nitrogens with one attached hydrogen (secondary N) is 1. The fourth-order valence-corrected chi connectivity index (χ4v) is 3.73. The van der Waals surface area contributed by atoms with Crippen LogP contribution in [0.15, 0.2) is 72.1 Å². The monoisotopic (exact) mass is 424 g/mol. The molecule has 150 valence electrons. The number of carbonyl (C=O) groups excluding carboxylic acids is 1. The van der Waals surface area contributed by atoms with Crippen LogP contribution < -0.4 is 5.32 Å². The van der Waals surface area contributed by atoms with Crippen molar-refractivity contribution >= 4 is 17.2 Å². The van der Waals surface area contributed by atoms with Gasteiger partial charge in [0.15, 0.2) is 17.5 Å². The van der Waals surface area contributed by atoms with Gasteiger partial charge in [0.25, 0.3) is 5.91 Å². The summed E-state index contributed by atoms with van der Waals surface area (Å²) in [6, 6.07) is 18.9. The standard InChI is InChI=1S/C23H15F3N2OS/c24-18-11-10-17(20(25)21(18)26)22(29)27-12-14-6-8-16(9-7-14)23-28-19(13-30-23)15-4-2-1-3-5-15/h1-11,13H,12H2,(H,27,29). The molecule has 0 saturated carbocycles. The first-order valence-electron chi connectivity index (χ1n) is 9.05. The molecule has 1 aromatic heterocycles. The molecule has 0 aliphatic carbocycles. The number of amides is 1. The van der Waals surface area contributed by atoms with Crippen molar-refractivity contribution in [2.45, 2.75) is 6.54 Å². The predicted molar refractivity (Wildman–Crippen MR) is 110 cm³/mol. The van der Waals surface area contributed by atoms with Gasteiger partial charge in [-0.1, -0.05) is 54.6 Å². The predicted octanol–water partition coefficient (Wildman–Crippen LogP) is 5.82. The molecule has 3 nitrogen and oxygen atoms in total. The van der Waals surface area contributed by atoms with Gasteiger partial charge in [-0.15, -0.1) is 11.3 Å². The van der Waals surface area contributed by atoms with Crippen LogP contribution in [0.2, 0.25) is 0 Å². The first-order chi connectivity index (χ1) is 14.5. The maximum absolute atomic E-state index is 13.7. The van der Waals surface area contributed by atoms with Crippen molar-refractivity contribution in [2.75, 3.05) is 0 Å². The summed E-state index contributed by atoms with van der Waals surface area (Å²) in [7, 11) is 0. The lowest BCUT2D eigenvalue weighted by molar-refractivity contribution is 0.0945. The smallest absolute Gasteiger partial charge is 0.254 e. The summed E-state index contributed by atoms with van der Waals surface area (Å²) in [4.78, 5) is 16.7. The summed E-state index contributed by atoms with van der Waals surface area (Å²) in [5.41, 5.74) is 3.12. The number of halogens is 3. The van der Waals surface area contributed by atoms with E-state index in [1.54, 1.807) is 0 Å². The van der Waals surface area contributed by atoms with Gasteiger partial charge in [-0.25, -0.2) is 18.2 Å². The van der Waals surface area contributed by atoms with Crippen LogP contribution in [0.3, 0.4) is 0 Å². The fourth-order valence-electron chi connectivity index (χ4n) is 2.89. The van der Waals surface area contributed by atoms with Gasteiger partial charge >= 0.3 is 0 Å². The van der Waals surface area contributed by atoms with Gasteiger partial charge in [0, 0.05) is 23.1 Å². The van der Waals surface area contributed by atoms with Gasteiger partial charge in [-0.05, 0) is 17.7 Å². The number of hydrogen-bond donors (Lipinski definition) is 1. The second-order valence-corrected chi connectivity index (χ2v) is 7.36. The van der Waals surface area contributed by atoms with E-state index in [4.69, 9.17) is 0 Å². The van der Waals surface area contributed by atoms with Crippen molar-refractivity contribution < 1.29 is 18.0 Å². The molecular formula is C23H15F3N2OS. The van der Waals surface area contributed by atoms with Crippen molar-refractivity contribution in [3.8, 4) is 21.8 Å². The van der Waals surface area contributed by atoms with Crippen LogP contribution in [0.25, 0.3) is 21.8 Å². The van der Waals surface area contributed by atoms with Crippen molar-refractivity contribution in [3.05, 3.63) is 101 Å². The zero-order valence-electron chi connectivity index (χ0n) is 15.5. The minimum Gasteiger partial charge on any atom is -0.348 e. The van der Waals surface area contributed by atoms with Crippen LogP contribution in [0.1, 0.15) is 15.9 Å². The number of carbonyl (C=O) groups is 1. The van der Waals surface area contributed by atoms with E-state index in [0.717, 1.165) is 39.5 Å². The summed E-state index contributed by atoms with van der Waals surface area (Å²) < 4.78 is 40.0. The van der Waals surface area contributed by atoms with E-state index in [2.05, 4.69) is 10.3 Å². The van der Waals surface area contributed by atoms with Crippen LogP contribution in [0, 0.1) is 17.5 Å². The van der Waals surface area contributed by atoms with E-state index < -0.39 is 28.9 Å². The molecular weight excluding hydrogens is 409 g/mol. The maximum atomic E-state index is 13.7. The first-order valence-corrected chi connectivity index (χ1v) is 9.93. The van der Waals surface area contributed by atoms with Crippen molar-refractivity contribution in [2.24, 2.45) is 0 Å². The lowest BCUT2D eigenvalue weighted by Crippen LogP contribution is -2.24. The molecule has 0 fully saturated rings. The molecule has 3 aromatic carbocycles. The quantitative estimate of drug-likeness (QED) is 0.410.